The monoisotopic (exact) mass is 246 g/mol. The Balaban J connectivity index is 1.67. The molecule has 3 rings (SSSR count). The molecule has 2 aliphatic carbocycles. The molecule has 2 aliphatic rings. The molecule has 1 aromatic heterocycles. The van der Waals surface area contributed by atoms with Crippen molar-refractivity contribution in [3.8, 4) is 0 Å². The molecule has 0 bridgehead atoms. The van der Waals surface area contributed by atoms with Crippen molar-refractivity contribution in [3.63, 3.8) is 0 Å². The highest BCUT2D eigenvalue weighted by atomic mass is 15.2. The Morgan fingerprint density at radius 3 is 2.78 bits per heavy atom. The summed E-state index contributed by atoms with van der Waals surface area (Å²) in [5.74, 6) is 1.06. The van der Waals surface area contributed by atoms with Gasteiger partial charge >= 0.3 is 0 Å². The van der Waals surface area contributed by atoms with Crippen molar-refractivity contribution in [1.82, 2.24) is 15.3 Å². The van der Waals surface area contributed by atoms with E-state index in [-0.39, 0.29) is 0 Å². The summed E-state index contributed by atoms with van der Waals surface area (Å²) in [6.45, 7) is 4.18. The van der Waals surface area contributed by atoms with Crippen LogP contribution in [0.1, 0.15) is 44.7 Å². The summed E-state index contributed by atoms with van der Waals surface area (Å²) < 4.78 is 0. The first-order valence-electron chi connectivity index (χ1n) is 7.17. The van der Waals surface area contributed by atoms with E-state index in [0.717, 1.165) is 30.6 Å². The van der Waals surface area contributed by atoms with Crippen molar-refractivity contribution in [2.45, 2.75) is 57.7 Å². The van der Waals surface area contributed by atoms with Crippen molar-refractivity contribution < 1.29 is 0 Å². The van der Waals surface area contributed by atoms with Gasteiger partial charge in [0.25, 0.3) is 0 Å². The average Bonchev–Trinajstić information content (AvgIpc) is 3.28. The van der Waals surface area contributed by atoms with Crippen LogP contribution in [-0.2, 0) is 6.54 Å². The Hall–Kier alpha value is -1.16. The van der Waals surface area contributed by atoms with Crippen LogP contribution in [0.5, 0.6) is 0 Å². The molecule has 18 heavy (non-hydrogen) atoms. The zero-order valence-electron chi connectivity index (χ0n) is 11.1. The Morgan fingerprint density at radius 2 is 2.11 bits per heavy atom. The molecule has 0 unspecified atom stereocenters. The lowest BCUT2D eigenvalue weighted by molar-refractivity contribution is 0.666. The predicted octanol–water partition coefficient (Wildman–Crippen LogP) is 2.11. The first-order chi connectivity index (χ1) is 8.86. The first kappa shape index (κ1) is 11.9. The third kappa shape index (κ3) is 2.99. The maximum atomic E-state index is 4.75. The van der Waals surface area contributed by atoms with Gasteiger partial charge in [0, 0.05) is 31.4 Å². The second-order valence-electron chi connectivity index (χ2n) is 5.45. The molecule has 4 nitrogen and oxygen atoms in total. The van der Waals surface area contributed by atoms with E-state index in [9.17, 15) is 0 Å². The summed E-state index contributed by atoms with van der Waals surface area (Å²) in [5.41, 5.74) is 1.07. The van der Waals surface area contributed by atoms with Gasteiger partial charge in [-0.3, -0.25) is 4.98 Å². The van der Waals surface area contributed by atoms with Gasteiger partial charge < -0.3 is 10.2 Å². The second kappa shape index (κ2) is 5.22. The molecule has 0 radical (unpaired) electrons. The van der Waals surface area contributed by atoms with Crippen LogP contribution in [-0.4, -0.2) is 28.6 Å². The molecule has 4 heteroatoms. The van der Waals surface area contributed by atoms with E-state index in [0.29, 0.717) is 6.04 Å². The summed E-state index contributed by atoms with van der Waals surface area (Å²) in [6, 6.07) is 1.44. The Kier molecular flexibility index (Phi) is 3.46. The molecule has 1 N–H and O–H groups in total. The van der Waals surface area contributed by atoms with Crippen molar-refractivity contribution in [2.75, 3.05) is 11.4 Å². The fraction of sp³-hybridized carbons (Fsp3) is 0.714. The number of aromatic nitrogens is 2. The minimum absolute atomic E-state index is 0.714. The molecular formula is C14H22N4. The summed E-state index contributed by atoms with van der Waals surface area (Å²) in [6.07, 6.45) is 10.2. The summed E-state index contributed by atoms with van der Waals surface area (Å²) in [4.78, 5) is 11.5. The van der Waals surface area contributed by atoms with Crippen molar-refractivity contribution in [1.29, 1.82) is 0 Å². The van der Waals surface area contributed by atoms with Gasteiger partial charge in [-0.1, -0.05) is 6.92 Å². The molecule has 0 amide bonds. The molecule has 0 saturated heterocycles. The Morgan fingerprint density at radius 1 is 1.28 bits per heavy atom. The molecule has 1 aromatic rings. The topological polar surface area (TPSA) is 41.1 Å². The smallest absolute Gasteiger partial charge is 0.147 e. The SMILES string of the molecule is CCCN(c1cncc(CNC2CC2)n1)C1CC1. The van der Waals surface area contributed by atoms with Crippen LogP contribution in [0.2, 0.25) is 0 Å². The van der Waals surface area contributed by atoms with E-state index < -0.39 is 0 Å². The van der Waals surface area contributed by atoms with Gasteiger partial charge in [0.05, 0.1) is 11.9 Å². The fourth-order valence-electron chi connectivity index (χ4n) is 2.27. The molecule has 2 saturated carbocycles. The molecular weight excluding hydrogens is 224 g/mol. The lowest BCUT2D eigenvalue weighted by atomic mass is 10.3. The van der Waals surface area contributed by atoms with E-state index in [1.54, 1.807) is 0 Å². The van der Waals surface area contributed by atoms with Crippen molar-refractivity contribution in [3.05, 3.63) is 18.1 Å². The lowest BCUT2D eigenvalue weighted by Gasteiger charge is -2.22. The summed E-state index contributed by atoms with van der Waals surface area (Å²) in [7, 11) is 0. The minimum Gasteiger partial charge on any atom is -0.352 e. The molecule has 2 fully saturated rings. The molecule has 0 atom stereocenters. The highest BCUT2D eigenvalue weighted by Crippen LogP contribution is 2.30. The van der Waals surface area contributed by atoms with Crippen molar-refractivity contribution in [2.24, 2.45) is 0 Å². The first-order valence-corrected chi connectivity index (χ1v) is 7.17. The van der Waals surface area contributed by atoms with Gasteiger partial charge in [0.15, 0.2) is 0 Å². The van der Waals surface area contributed by atoms with Crippen LogP contribution in [0.25, 0.3) is 0 Å². The van der Waals surface area contributed by atoms with Crippen LogP contribution in [0.4, 0.5) is 5.82 Å². The third-order valence-electron chi connectivity index (χ3n) is 3.57. The van der Waals surface area contributed by atoms with E-state index in [1.807, 2.05) is 12.4 Å². The van der Waals surface area contributed by atoms with Crippen LogP contribution in [0, 0.1) is 0 Å². The standard InChI is InChI=1S/C14H22N4/c1-2-7-18(13-5-6-13)14-10-15-8-12(17-14)9-16-11-3-4-11/h8,10-11,13,16H,2-7,9H2,1H3. The van der Waals surface area contributed by atoms with Crippen LogP contribution >= 0.6 is 0 Å². The Labute approximate surface area is 109 Å². The maximum absolute atomic E-state index is 4.75. The number of hydrogen-bond donors (Lipinski definition) is 1. The minimum atomic E-state index is 0.714. The zero-order valence-corrected chi connectivity index (χ0v) is 11.1. The highest BCUT2D eigenvalue weighted by Gasteiger charge is 2.29. The molecule has 98 valence electrons. The summed E-state index contributed by atoms with van der Waals surface area (Å²) >= 11 is 0. The number of nitrogens with zero attached hydrogens (tertiary/aromatic N) is 3. The molecule has 0 spiro atoms. The van der Waals surface area contributed by atoms with Crippen LogP contribution in [0.15, 0.2) is 12.4 Å². The van der Waals surface area contributed by atoms with Gasteiger partial charge in [-0.25, -0.2) is 4.98 Å². The molecule has 0 aromatic carbocycles. The van der Waals surface area contributed by atoms with Crippen molar-refractivity contribution >= 4 is 5.82 Å². The van der Waals surface area contributed by atoms with E-state index in [2.05, 4.69) is 22.1 Å². The fourth-order valence-corrected chi connectivity index (χ4v) is 2.27. The summed E-state index contributed by atoms with van der Waals surface area (Å²) in [5, 5.41) is 3.49. The van der Waals surface area contributed by atoms with Gasteiger partial charge in [-0.05, 0) is 32.1 Å². The number of hydrogen-bond acceptors (Lipinski definition) is 4. The number of anilines is 1. The maximum Gasteiger partial charge on any atom is 0.147 e. The van der Waals surface area contributed by atoms with Crippen LogP contribution in [0.3, 0.4) is 0 Å². The predicted molar refractivity (Wildman–Crippen MR) is 72.6 cm³/mol. The van der Waals surface area contributed by atoms with Gasteiger partial charge in [-0.15, -0.1) is 0 Å². The van der Waals surface area contributed by atoms with Gasteiger partial charge in [0.1, 0.15) is 5.82 Å². The molecule has 1 heterocycles. The average molecular weight is 246 g/mol. The second-order valence-corrected chi connectivity index (χ2v) is 5.45. The van der Waals surface area contributed by atoms with E-state index in [1.165, 1.54) is 32.1 Å². The lowest BCUT2D eigenvalue weighted by Crippen LogP contribution is -2.28. The van der Waals surface area contributed by atoms with Crippen LogP contribution < -0.4 is 10.2 Å². The molecule has 0 aliphatic heterocycles. The largest absolute Gasteiger partial charge is 0.352 e. The third-order valence-corrected chi connectivity index (χ3v) is 3.57. The van der Waals surface area contributed by atoms with E-state index in [4.69, 9.17) is 4.98 Å². The van der Waals surface area contributed by atoms with E-state index >= 15 is 0 Å². The zero-order chi connectivity index (χ0) is 12.4. The Bertz CT molecular complexity index is 399. The normalized spacial score (nSPS) is 18.9. The number of nitrogens with one attached hydrogen (secondary N) is 1. The number of rotatable bonds is 7. The van der Waals surface area contributed by atoms with Gasteiger partial charge in [-0.2, -0.15) is 0 Å². The highest BCUT2D eigenvalue weighted by molar-refractivity contribution is 5.39. The quantitative estimate of drug-likeness (QED) is 0.800. The van der Waals surface area contributed by atoms with Gasteiger partial charge in [0.2, 0.25) is 0 Å².